The minimum Gasteiger partial charge on any atom is -0.479 e. The fourth-order valence-corrected chi connectivity index (χ4v) is 7.88. The molecule has 3 heterocycles. The number of aromatic nitrogens is 4. The van der Waals surface area contributed by atoms with Gasteiger partial charge in [-0.25, -0.2) is 10.1 Å². The van der Waals surface area contributed by atoms with Gasteiger partial charge in [-0.2, -0.15) is 9.97 Å². The SMILES string of the molecule is COc1nc(N)nc2c1ncn2[C@H](OCCO[P@]1(=O)N[C@@H](C(=O)O[C@@H](C)c2ccccc2)CCS1)[C@](C)(O)CO. The molecule has 0 saturated carbocycles. The summed E-state index contributed by atoms with van der Waals surface area (Å²) in [7, 11) is 1.41. The van der Waals surface area contributed by atoms with Gasteiger partial charge in [0.1, 0.15) is 17.7 Å². The zero-order valence-electron chi connectivity index (χ0n) is 22.3. The topological polar surface area (TPSA) is 193 Å². The molecule has 0 aliphatic carbocycles. The summed E-state index contributed by atoms with van der Waals surface area (Å²) in [6, 6.07) is 8.53. The molecule has 0 spiro atoms. The van der Waals surface area contributed by atoms with Gasteiger partial charge in [0.25, 0.3) is 0 Å². The molecule has 1 fully saturated rings. The van der Waals surface area contributed by atoms with E-state index in [4.69, 9.17) is 24.5 Å². The molecule has 14 nitrogen and oxygen atoms in total. The Morgan fingerprint density at radius 1 is 1.32 bits per heavy atom. The third-order valence-electron chi connectivity index (χ3n) is 6.15. The average Bonchev–Trinajstić information content (AvgIpc) is 3.35. The lowest BCUT2D eigenvalue weighted by Crippen LogP contribution is -2.42. The number of rotatable bonds is 12. The van der Waals surface area contributed by atoms with E-state index in [9.17, 15) is 19.6 Å². The molecule has 40 heavy (non-hydrogen) atoms. The van der Waals surface area contributed by atoms with E-state index in [1.807, 2.05) is 30.3 Å². The number of aliphatic hydroxyl groups excluding tert-OH is 1. The maximum absolute atomic E-state index is 13.3. The van der Waals surface area contributed by atoms with E-state index in [0.717, 1.165) is 16.9 Å². The van der Waals surface area contributed by atoms with Crippen LogP contribution in [0, 0.1) is 0 Å². The lowest BCUT2D eigenvalue weighted by Gasteiger charge is -2.32. The Labute approximate surface area is 234 Å². The first-order valence-corrected chi connectivity index (χ1v) is 15.7. The van der Waals surface area contributed by atoms with Crippen molar-refractivity contribution in [2.45, 2.75) is 44.2 Å². The maximum atomic E-state index is 13.3. The number of anilines is 1. The maximum Gasteiger partial charge on any atom is 0.327 e. The van der Waals surface area contributed by atoms with Gasteiger partial charge < -0.3 is 34.7 Å². The van der Waals surface area contributed by atoms with Crippen LogP contribution in [0.4, 0.5) is 5.95 Å². The Morgan fingerprint density at radius 3 is 2.77 bits per heavy atom. The van der Waals surface area contributed by atoms with E-state index in [1.165, 1.54) is 24.9 Å². The summed E-state index contributed by atoms with van der Waals surface area (Å²) in [6.45, 7) is -1.25. The van der Waals surface area contributed by atoms with E-state index >= 15 is 0 Å². The third-order valence-corrected chi connectivity index (χ3v) is 10.3. The Morgan fingerprint density at radius 2 is 2.08 bits per heavy atom. The molecule has 5 N–H and O–H groups in total. The number of hydrogen-bond donors (Lipinski definition) is 4. The second-order valence-corrected chi connectivity index (χ2v) is 13.7. The number of esters is 1. The molecule has 0 unspecified atom stereocenters. The summed E-state index contributed by atoms with van der Waals surface area (Å²) < 4.78 is 37.0. The van der Waals surface area contributed by atoms with Gasteiger partial charge >= 0.3 is 12.7 Å². The third kappa shape index (κ3) is 6.92. The predicted octanol–water partition coefficient (Wildman–Crippen LogP) is 2.20. The Bertz CT molecular complexity index is 1360. The van der Waals surface area contributed by atoms with Crippen LogP contribution in [0.15, 0.2) is 36.7 Å². The number of methoxy groups -OCH3 is 1. The first-order chi connectivity index (χ1) is 19.1. The van der Waals surface area contributed by atoms with Crippen molar-refractivity contribution in [2.24, 2.45) is 0 Å². The van der Waals surface area contributed by atoms with E-state index in [2.05, 4.69) is 20.0 Å². The Hall–Kier alpha value is -2.78. The van der Waals surface area contributed by atoms with Crippen LogP contribution >= 0.6 is 18.1 Å². The van der Waals surface area contributed by atoms with Crippen LogP contribution < -0.4 is 15.6 Å². The highest BCUT2D eigenvalue weighted by atomic mass is 32.7. The number of fused-ring (bicyclic) bond motifs is 1. The standard InChI is InChI=1S/C24H33N6O8PS/c1-15(16-7-5-4-6-8-16)38-21(32)17-9-12-40-39(34,29-17)37-11-10-36-22(24(2,33)13-31)30-14-26-18-19(30)27-23(25)28-20(18)35-3/h4-8,14-15,17,22,31,33H,9-13H2,1-3H3,(H,29,34)(H2,25,27,28)/t15-,17+,22+,24+,39+/m0/s1. The average molecular weight is 597 g/mol. The normalized spacial score (nSPS) is 22.4. The van der Waals surface area contributed by atoms with Crippen molar-refractivity contribution in [1.82, 2.24) is 24.6 Å². The number of carbonyl (C=O) groups is 1. The number of aliphatic hydroxyl groups is 2. The van der Waals surface area contributed by atoms with E-state index in [1.54, 1.807) is 6.92 Å². The minimum atomic E-state index is -3.46. The molecule has 0 bridgehead atoms. The lowest BCUT2D eigenvalue weighted by atomic mass is 10.1. The van der Waals surface area contributed by atoms with Crippen molar-refractivity contribution in [3.63, 3.8) is 0 Å². The molecule has 5 atom stereocenters. The van der Waals surface area contributed by atoms with Gasteiger partial charge in [-0.3, -0.25) is 13.9 Å². The van der Waals surface area contributed by atoms with Crippen molar-refractivity contribution in [3.05, 3.63) is 42.2 Å². The number of nitrogens with two attached hydrogens (primary N) is 1. The van der Waals surface area contributed by atoms with Crippen LogP contribution in [-0.4, -0.2) is 80.0 Å². The zero-order chi connectivity index (χ0) is 28.9. The van der Waals surface area contributed by atoms with Gasteiger partial charge in [0, 0.05) is 5.75 Å². The van der Waals surface area contributed by atoms with Crippen LogP contribution in [0.25, 0.3) is 11.2 Å². The highest BCUT2D eigenvalue weighted by molar-refractivity contribution is 8.56. The molecule has 2 aromatic heterocycles. The summed E-state index contributed by atoms with van der Waals surface area (Å²) in [5.41, 5.74) is 5.36. The molecule has 1 aliphatic heterocycles. The predicted molar refractivity (Wildman–Crippen MR) is 147 cm³/mol. The minimum absolute atomic E-state index is 0.0819. The summed E-state index contributed by atoms with van der Waals surface area (Å²) in [5, 5.41) is 23.5. The summed E-state index contributed by atoms with van der Waals surface area (Å²) in [6.07, 6.45) is 0.137. The zero-order valence-corrected chi connectivity index (χ0v) is 24.0. The van der Waals surface area contributed by atoms with Crippen LogP contribution in [0.3, 0.4) is 0 Å². The number of nitrogens with zero attached hydrogens (tertiary/aromatic N) is 4. The smallest absolute Gasteiger partial charge is 0.327 e. The highest BCUT2D eigenvalue weighted by Gasteiger charge is 2.38. The summed E-state index contributed by atoms with van der Waals surface area (Å²) >= 11 is 1.09. The first kappa shape index (κ1) is 30.2. The molecule has 218 valence electrons. The molecule has 0 amide bonds. The van der Waals surface area contributed by atoms with Crippen molar-refractivity contribution < 1.29 is 38.3 Å². The second kappa shape index (κ2) is 12.8. The largest absolute Gasteiger partial charge is 0.479 e. The van der Waals surface area contributed by atoms with Gasteiger partial charge in [-0.15, -0.1) is 0 Å². The number of nitrogens with one attached hydrogen (secondary N) is 1. The number of carbonyl (C=O) groups excluding carboxylic acids is 1. The van der Waals surface area contributed by atoms with Gasteiger partial charge in [0.05, 0.1) is 33.3 Å². The van der Waals surface area contributed by atoms with Crippen LogP contribution in [0.5, 0.6) is 5.88 Å². The molecule has 4 rings (SSSR count). The quantitative estimate of drug-likeness (QED) is 0.135. The van der Waals surface area contributed by atoms with Crippen molar-refractivity contribution >= 4 is 41.2 Å². The van der Waals surface area contributed by atoms with Crippen molar-refractivity contribution in [2.75, 3.05) is 38.4 Å². The second-order valence-electron chi connectivity index (χ2n) is 9.28. The Balaban J connectivity index is 1.38. The number of hydrogen-bond acceptors (Lipinski definition) is 13. The molecular weight excluding hydrogens is 563 g/mol. The van der Waals surface area contributed by atoms with Crippen molar-refractivity contribution in [1.29, 1.82) is 0 Å². The number of nitrogen functional groups attached to an aromatic ring is 1. The molecule has 0 radical (unpaired) electrons. The number of ether oxygens (including phenoxy) is 3. The lowest BCUT2D eigenvalue weighted by molar-refractivity contribution is -0.158. The van der Waals surface area contributed by atoms with E-state index in [0.29, 0.717) is 12.2 Å². The van der Waals surface area contributed by atoms with Crippen LogP contribution in [-0.2, 0) is 23.4 Å². The fourth-order valence-electron chi connectivity index (χ4n) is 4.05. The molecule has 16 heteroatoms. The fraction of sp³-hybridized carbons (Fsp3) is 0.500. The monoisotopic (exact) mass is 596 g/mol. The van der Waals surface area contributed by atoms with Crippen LogP contribution in [0.1, 0.15) is 38.2 Å². The summed E-state index contributed by atoms with van der Waals surface area (Å²) in [5.74, 6) is -0.0334. The Kier molecular flexibility index (Phi) is 9.67. The number of benzene rings is 1. The first-order valence-electron chi connectivity index (χ1n) is 12.5. The van der Waals surface area contributed by atoms with Gasteiger partial charge in [0.15, 0.2) is 17.4 Å². The van der Waals surface area contributed by atoms with Gasteiger partial charge in [-0.1, -0.05) is 41.7 Å². The van der Waals surface area contributed by atoms with Gasteiger partial charge in [-0.05, 0) is 25.8 Å². The molecule has 1 saturated heterocycles. The van der Waals surface area contributed by atoms with E-state index < -0.39 is 43.3 Å². The van der Waals surface area contributed by atoms with Gasteiger partial charge in [0.2, 0.25) is 11.8 Å². The molecular formula is C24H33N6O8PS. The molecule has 1 aliphatic rings. The molecule has 3 aromatic rings. The van der Waals surface area contributed by atoms with E-state index in [-0.39, 0.29) is 36.2 Å². The number of imidazole rings is 1. The van der Waals surface area contributed by atoms with Crippen LogP contribution in [0.2, 0.25) is 0 Å². The highest BCUT2D eigenvalue weighted by Crippen LogP contribution is 2.59. The van der Waals surface area contributed by atoms with Crippen molar-refractivity contribution in [3.8, 4) is 5.88 Å². The summed E-state index contributed by atoms with van der Waals surface area (Å²) in [4.78, 5) is 25.1. The molecule has 1 aromatic carbocycles.